The van der Waals surface area contributed by atoms with Crippen LogP contribution in [0.4, 0.5) is 17.5 Å². The predicted molar refractivity (Wildman–Crippen MR) is 121 cm³/mol. The Hall–Kier alpha value is -3.94. The minimum absolute atomic E-state index is 0.0592. The van der Waals surface area contributed by atoms with Crippen molar-refractivity contribution in [1.29, 1.82) is 0 Å². The van der Waals surface area contributed by atoms with Crippen LogP contribution in [0.25, 0.3) is 22.0 Å². The van der Waals surface area contributed by atoms with Gasteiger partial charge in [-0.1, -0.05) is 24.3 Å². The standard InChI is InChI=1S/C23H23N7O/c1-14-5-3-4-6-17(14)19-9-15-10-20(25-12-18(15)23(24)26-19)27-21-11-16-7-8-29(2)22(31)13-30(16)28-21/h3-6,9-12H,7-8,13H2,1-2H3,(H2,24,26)(H,25,27,28). The molecule has 0 unspecified atom stereocenters. The second-order valence-electron chi connectivity index (χ2n) is 7.87. The van der Waals surface area contributed by atoms with E-state index < -0.39 is 0 Å². The Morgan fingerprint density at radius 3 is 2.81 bits per heavy atom. The zero-order chi connectivity index (χ0) is 21.5. The first kappa shape index (κ1) is 19.0. The number of likely N-dealkylation sites (N-methyl/N-ethyl adjacent to an activating group) is 1. The van der Waals surface area contributed by atoms with Gasteiger partial charge in [-0.05, 0) is 30.0 Å². The van der Waals surface area contributed by atoms with Crippen molar-refractivity contribution in [3.8, 4) is 11.3 Å². The zero-order valence-electron chi connectivity index (χ0n) is 17.5. The van der Waals surface area contributed by atoms with Gasteiger partial charge in [-0.25, -0.2) is 9.97 Å². The Labute approximate surface area is 179 Å². The molecule has 0 bridgehead atoms. The molecule has 4 aromatic rings. The first-order valence-corrected chi connectivity index (χ1v) is 10.2. The Balaban J connectivity index is 1.48. The fraction of sp³-hybridized carbons (Fsp3) is 0.217. The lowest BCUT2D eigenvalue weighted by Gasteiger charge is -2.12. The number of aromatic nitrogens is 4. The van der Waals surface area contributed by atoms with Gasteiger partial charge in [0.1, 0.15) is 18.2 Å². The number of nitrogens with two attached hydrogens (primary N) is 1. The van der Waals surface area contributed by atoms with Crippen LogP contribution < -0.4 is 11.1 Å². The highest BCUT2D eigenvalue weighted by Crippen LogP contribution is 2.29. The summed E-state index contributed by atoms with van der Waals surface area (Å²) in [6, 6.07) is 14.0. The number of anilines is 3. The second-order valence-corrected chi connectivity index (χ2v) is 7.87. The van der Waals surface area contributed by atoms with Gasteiger partial charge < -0.3 is 16.0 Å². The van der Waals surface area contributed by atoms with Gasteiger partial charge in [0.05, 0.1) is 5.69 Å². The molecular weight excluding hydrogens is 390 g/mol. The van der Waals surface area contributed by atoms with Crippen LogP contribution in [0.3, 0.4) is 0 Å². The fourth-order valence-electron chi connectivity index (χ4n) is 3.88. The molecule has 1 aliphatic rings. The Morgan fingerprint density at radius 2 is 1.97 bits per heavy atom. The molecule has 0 radical (unpaired) electrons. The summed E-state index contributed by atoms with van der Waals surface area (Å²) in [5.41, 5.74) is 10.3. The summed E-state index contributed by atoms with van der Waals surface area (Å²) in [7, 11) is 1.82. The molecular formula is C23H23N7O. The third-order valence-corrected chi connectivity index (χ3v) is 5.70. The third kappa shape index (κ3) is 3.56. The van der Waals surface area contributed by atoms with Crippen molar-refractivity contribution in [2.24, 2.45) is 0 Å². The molecule has 8 nitrogen and oxygen atoms in total. The van der Waals surface area contributed by atoms with Gasteiger partial charge in [0.15, 0.2) is 5.82 Å². The maximum absolute atomic E-state index is 12.1. The number of nitrogen functional groups attached to an aromatic ring is 1. The topological polar surface area (TPSA) is 102 Å². The monoisotopic (exact) mass is 413 g/mol. The first-order chi connectivity index (χ1) is 15.0. The van der Waals surface area contributed by atoms with E-state index in [-0.39, 0.29) is 12.5 Å². The molecule has 4 heterocycles. The summed E-state index contributed by atoms with van der Waals surface area (Å²) in [6.45, 7) is 3.00. The van der Waals surface area contributed by atoms with Gasteiger partial charge in [-0.3, -0.25) is 9.48 Å². The highest BCUT2D eigenvalue weighted by Gasteiger charge is 2.19. The molecule has 3 aromatic heterocycles. The van der Waals surface area contributed by atoms with Crippen LogP contribution >= 0.6 is 0 Å². The Kier molecular flexibility index (Phi) is 4.54. The van der Waals surface area contributed by atoms with Crippen LogP contribution in [-0.2, 0) is 17.8 Å². The molecule has 8 heteroatoms. The van der Waals surface area contributed by atoms with Crippen LogP contribution in [0.1, 0.15) is 11.3 Å². The summed E-state index contributed by atoms with van der Waals surface area (Å²) in [4.78, 5) is 22.9. The molecule has 0 fully saturated rings. The quantitative estimate of drug-likeness (QED) is 0.535. The van der Waals surface area contributed by atoms with Gasteiger partial charge in [-0.15, -0.1) is 0 Å². The molecule has 1 amide bonds. The van der Waals surface area contributed by atoms with E-state index in [1.54, 1.807) is 15.8 Å². The smallest absolute Gasteiger partial charge is 0.244 e. The first-order valence-electron chi connectivity index (χ1n) is 10.2. The lowest BCUT2D eigenvalue weighted by molar-refractivity contribution is -0.130. The van der Waals surface area contributed by atoms with Crippen LogP contribution in [0, 0.1) is 6.92 Å². The van der Waals surface area contributed by atoms with Crippen molar-refractivity contribution < 1.29 is 4.79 Å². The number of rotatable bonds is 3. The highest BCUT2D eigenvalue weighted by atomic mass is 16.2. The van der Waals surface area contributed by atoms with Gasteiger partial charge >= 0.3 is 0 Å². The molecule has 3 N–H and O–H groups in total. The predicted octanol–water partition coefficient (Wildman–Crippen LogP) is 3.14. The van der Waals surface area contributed by atoms with E-state index in [0.717, 1.165) is 39.7 Å². The van der Waals surface area contributed by atoms with E-state index in [1.807, 2.05) is 43.4 Å². The van der Waals surface area contributed by atoms with Crippen LogP contribution in [0.2, 0.25) is 0 Å². The summed E-state index contributed by atoms with van der Waals surface area (Å²) < 4.78 is 1.76. The molecule has 0 spiro atoms. The van der Waals surface area contributed by atoms with Crippen molar-refractivity contribution in [2.75, 3.05) is 24.6 Å². The van der Waals surface area contributed by atoms with E-state index in [2.05, 4.69) is 33.4 Å². The summed E-state index contributed by atoms with van der Waals surface area (Å²) in [6.07, 6.45) is 2.49. The third-order valence-electron chi connectivity index (χ3n) is 5.70. The molecule has 0 saturated carbocycles. The number of carbonyl (C=O) groups excluding carboxylic acids is 1. The van der Waals surface area contributed by atoms with Crippen molar-refractivity contribution >= 4 is 34.1 Å². The van der Waals surface area contributed by atoms with E-state index in [1.165, 1.54) is 0 Å². The number of hydrogen-bond donors (Lipinski definition) is 2. The Morgan fingerprint density at radius 1 is 1.13 bits per heavy atom. The van der Waals surface area contributed by atoms with Crippen molar-refractivity contribution in [1.82, 2.24) is 24.6 Å². The van der Waals surface area contributed by atoms with Gasteiger partial charge in [-0.2, -0.15) is 5.10 Å². The number of hydrogen-bond acceptors (Lipinski definition) is 6. The minimum Gasteiger partial charge on any atom is -0.383 e. The largest absolute Gasteiger partial charge is 0.383 e. The number of nitrogens with zero attached hydrogens (tertiary/aromatic N) is 5. The normalized spacial score (nSPS) is 13.9. The molecule has 0 saturated heterocycles. The lowest BCUT2D eigenvalue weighted by atomic mass is 10.0. The number of fused-ring (bicyclic) bond motifs is 2. The minimum atomic E-state index is 0.0592. The SMILES string of the molecule is Cc1ccccc1-c1cc2cc(Nc3cc4n(n3)CC(=O)N(C)CC4)ncc2c(N)n1. The molecule has 5 rings (SSSR count). The number of amides is 1. The van der Waals surface area contributed by atoms with Gasteiger partial charge in [0, 0.05) is 48.9 Å². The van der Waals surface area contributed by atoms with E-state index in [0.29, 0.717) is 24.0 Å². The van der Waals surface area contributed by atoms with Gasteiger partial charge in [0.2, 0.25) is 5.91 Å². The number of nitrogens with one attached hydrogen (secondary N) is 1. The molecule has 1 aromatic carbocycles. The van der Waals surface area contributed by atoms with E-state index in [4.69, 9.17) is 5.73 Å². The maximum Gasteiger partial charge on any atom is 0.244 e. The maximum atomic E-state index is 12.1. The number of aryl methyl sites for hydroxylation is 1. The number of pyridine rings is 2. The molecule has 156 valence electrons. The molecule has 0 atom stereocenters. The van der Waals surface area contributed by atoms with Crippen molar-refractivity contribution in [3.63, 3.8) is 0 Å². The lowest BCUT2D eigenvalue weighted by Crippen LogP contribution is -2.29. The van der Waals surface area contributed by atoms with Gasteiger partial charge in [0.25, 0.3) is 0 Å². The average molecular weight is 413 g/mol. The number of benzene rings is 1. The fourth-order valence-corrected chi connectivity index (χ4v) is 3.88. The summed E-state index contributed by atoms with van der Waals surface area (Å²) >= 11 is 0. The average Bonchev–Trinajstić information content (AvgIpc) is 3.06. The van der Waals surface area contributed by atoms with Crippen LogP contribution in [0.5, 0.6) is 0 Å². The van der Waals surface area contributed by atoms with Crippen LogP contribution in [-0.4, -0.2) is 44.1 Å². The van der Waals surface area contributed by atoms with Crippen molar-refractivity contribution in [3.05, 3.63) is 59.9 Å². The summed E-state index contributed by atoms with van der Waals surface area (Å²) in [5, 5.41) is 9.56. The molecule has 0 aliphatic carbocycles. The summed E-state index contributed by atoms with van der Waals surface area (Å²) in [5.74, 6) is 1.83. The van der Waals surface area contributed by atoms with E-state index in [9.17, 15) is 4.79 Å². The van der Waals surface area contributed by atoms with E-state index >= 15 is 0 Å². The zero-order valence-corrected chi connectivity index (χ0v) is 17.5. The van der Waals surface area contributed by atoms with Crippen molar-refractivity contribution in [2.45, 2.75) is 19.9 Å². The second kappa shape index (κ2) is 7.39. The highest BCUT2D eigenvalue weighted by molar-refractivity contribution is 5.94. The molecule has 31 heavy (non-hydrogen) atoms. The Bertz CT molecular complexity index is 1310. The number of carbonyl (C=O) groups is 1. The van der Waals surface area contributed by atoms with Crippen LogP contribution in [0.15, 0.2) is 48.7 Å². The molecule has 1 aliphatic heterocycles.